The molecule has 0 bridgehead atoms. The van der Waals surface area contributed by atoms with Crippen LogP contribution in [0.3, 0.4) is 0 Å². The number of hydrogen-bond donors (Lipinski definition) is 0. The summed E-state index contributed by atoms with van der Waals surface area (Å²) in [6.07, 6.45) is 3.82. The van der Waals surface area contributed by atoms with Gasteiger partial charge >= 0.3 is 0 Å². The predicted octanol–water partition coefficient (Wildman–Crippen LogP) is 3.06. The highest BCUT2D eigenvalue weighted by molar-refractivity contribution is 9.09. The zero-order chi connectivity index (χ0) is 8.10. The molecule has 0 saturated heterocycles. The quantitative estimate of drug-likeness (QED) is 0.733. The monoisotopic (exact) mass is 233 g/mol. The summed E-state index contributed by atoms with van der Waals surface area (Å²) < 4.78 is 0. The van der Waals surface area contributed by atoms with Crippen LogP contribution in [-0.2, 0) is 6.42 Å². The molecular weight excluding hydrogens is 225 g/mol. The summed E-state index contributed by atoms with van der Waals surface area (Å²) in [5, 5.41) is 1.73. The first-order valence-electron chi connectivity index (χ1n) is 3.49. The maximum Gasteiger partial charge on any atom is 0.0589 e. The molecule has 0 radical (unpaired) electrons. The lowest BCUT2D eigenvalue weighted by molar-refractivity contribution is 0.897. The van der Waals surface area contributed by atoms with E-state index in [1.54, 1.807) is 6.20 Å². The van der Waals surface area contributed by atoms with Crippen molar-refractivity contribution in [2.24, 2.45) is 0 Å². The Morgan fingerprint density at radius 3 is 2.82 bits per heavy atom. The Hall–Kier alpha value is -0.0800. The molecule has 0 aromatic carbocycles. The third-order valence-corrected chi connectivity index (χ3v) is 2.14. The van der Waals surface area contributed by atoms with Gasteiger partial charge in [-0.15, -0.1) is 0 Å². The Balaban J connectivity index is 2.52. The lowest BCUT2D eigenvalue weighted by Gasteiger charge is -1.96. The van der Waals surface area contributed by atoms with Crippen LogP contribution in [0.15, 0.2) is 18.3 Å². The van der Waals surface area contributed by atoms with Crippen LogP contribution in [0.5, 0.6) is 0 Å². The molecule has 0 atom stereocenters. The van der Waals surface area contributed by atoms with Gasteiger partial charge in [0.2, 0.25) is 0 Å². The lowest BCUT2D eigenvalue weighted by Crippen LogP contribution is -1.89. The Bertz CT molecular complexity index is 210. The SMILES string of the molecule is Clc1ccc(CCCBr)nc1. The lowest BCUT2D eigenvalue weighted by atomic mass is 10.2. The number of aromatic nitrogens is 1. The van der Waals surface area contributed by atoms with E-state index < -0.39 is 0 Å². The van der Waals surface area contributed by atoms with Crippen molar-refractivity contribution < 1.29 is 0 Å². The molecule has 3 heteroatoms. The van der Waals surface area contributed by atoms with E-state index in [4.69, 9.17) is 11.6 Å². The average Bonchev–Trinajstić information content (AvgIpc) is 2.04. The van der Waals surface area contributed by atoms with E-state index >= 15 is 0 Å². The zero-order valence-electron chi connectivity index (χ0n) is 6.06. The molecule has 11 heavy (non-hydrogen) atoms. The van der Waals surface area contributed by atoms with Crippen LogP contribution in [0.25, 0.3) is 0 Å². The van der Waals surface area contributed by atoms with Gasteiger partial charge < -0.3 is 0 Å². The minimum absolute atomic E-state index is 0.701. The van der Waals surface area contributed by atoms with E-state index in [2.05, 4.69) is 20.9 Å². The van der Waals surface area contributed by atoms with Gasteiger partial charge in [0.25, 0.3) is 0 Å². The number of halogens is 2. The fourth-order valence-electron chi connectivity index (χ4n) is 0.802. The second-order valence-electron chi connectivity index (χ2n) is 2.26. The van der Waals surface area contributed by atoms with Crippen molar-refractivity contribution in [2.45, 2.75) is 12.8 Å². The Morgan fingerprint density at radius 2 is 2.27 bits per heavy atom. The van der Waals surface area contributed by atoms with Crippen LogP contribution in [0, 0.1) is 0 Å². The van der Waals surface area contributed by atoms with Crippen LogP contribution >= 0.6 is 27.5 Å². The molecule has 0 amide bonds. The van der Waals surface area contributed by atoms with Gasteiger partial charge in [0.15, 0.2) is 0 Å². The molecule has 0 unspecified atom stereocenters. The average molecular weight is 235 g/mol. The fourth-order valence-corrected chi connectivity index (χ4v) is 1.19. The number of aryl methyl sites for hydroxylation is 1. The minimum Gasteiger partial charge on any atom is -0.260 e. The molecule has 1 nitrogen and oxygen atoms in total. The summed E-state index contributed by atoms with van der Waals surface area (Å²) in [6.45, 7) is 0. The molecular formula is C8H9BrClN. The van der Waals surface area contributed by atoms with Crippen molar-refractivity contribution in [3.63, 3.8) is 0 Å². The molecule has 0 saturated carbocycles. The number of pyridine rings is 1. The van der Waals surface area contributed by atoms with Gasteiger partial charge in [-0.25, -0.2) is 0 Å². The van der Waals surface area contributed by atoms with Crippen LogP contribution in [0.2, 0.25) is 5.02 Å². The molecule has 1 aromatic heterocycles. The first-order chi connectivity index (χ1) is 5.33. The van der Waals surface area contributed by atoms with Gasteiger partial charge in [0, 0.05) is 17.2 Å². The van der Waals surface area contributed by atoms with E-state index in [1.165, 1.54) is 0 Å². The van der Waals surface area contributed by atoms with E-state index in [9.17, 15) is 0 Å². The maximum absolute atomic E-state index is 5.67. The summed E-state index contributed by atoms with van der Waals surface area (Å²) in [7, 11) is 0. The van der Waals surface area contributed by atoms with Crippen molar-refractivity contribution in [3.05, 3.63) is 29.0 Å². The number of rotatable bonds is 3. The Morgan fingerprint density at radius 1 is 1.45 bits per heavy atom. The molecule has 0 N–H and O–H groups in total. The van der Waals surface area contributed by atoms with Gasteiger partial charge in [0.05, 0.1) is 5.02 Å². The summed E-state index contributed by atoms with van der Waals surface area (Å²) in [4.78, 5) is 4.16. The first kappa shape index (κ1) is 9.01. The predicted molar refractivity (Wildman–Crippen MR) is 51.4 cm³/mol. The standard InChI is InChI=1S/C8H9BrClN/c9-5-1-2-8-4-3-7(10)6-11-8/h3-4,6H,1-2,5H2. The molecule has 1 aromatic rings. The van der Waals surface area contributed by atoms with Gasteiger partial charge in [-0.2, -0.15) is 0 Å². The highest BCUT2D eigenvalue weighted by Crippen LogP contribution is 2.07. The molecule has 0 aliphatic heterocycles. The highest BCUT2D eigenvalue weighted by atomic mass is 79.9. The minimum atomic E-state index is 0.701. The molecule has 60 valence electrons. The van der Waals surface area contributed by atoms with Crippen LogP contribution < -0.4 is 0 Å². The van der Waals surface area contributed by atoms with Crippen molar-refractivity contribution in [3.8, 4) is 0 Å². The van der Waals surface area contributed by atoms with Crippen LogP contribution in [-0.4, -0.2) is 10.3 Å². The highest BCUT2D eigenvalue weighted by Gasteiger charge is 1.92. The molecule has 0 aliphatic rings. The van der Waals surface area contributed by atoms with Crippen LogP contribution in [0.1, 0.15) is 12.1 Å². The topological polar surface area (TPSA) is 12.9 Å². The third kappa shape index (κ3) is 3.21. The number of hydrogen-bond acceptors (Lipinski definition) is 1. The van der Waals surface area contributed by atoms with Gasteiger partial charge in [-0.3, -0.25) is 4.98 Å². The van der Waals surface area contributed by atoms with Crippen molar-refractivity contribution in [2.75, 3.05) is 5.33 Å². The summed E-state index contributed by atoms with van der Waals surface area (Å²) in [5.74, 6) is 0. The smallest absolute Gasteiger partial charge is 0.0589 e. The van der Waals surface area contributed by atoms with Gasteiger partial charge in [0.1, 0.15) is 0 Å². The van der Waals surface area contributed by atoms with E-state index in [-0.39, 0.29) is 0 Å². The molecule has 1 rings (SSSR count). The number of alkyl halides is 1. The van der Waals surface area contributed by atoms with Gasteiger partial charge in [-0.05, 0) is 25.0 Å². The normalized spacial score (nSPS) is 10.0. The Kier molecular flexibility index (Phi) is 3.87. The van der Waals surface area contributed by atoms with Gasteiger partial charge in [-0.1, -0.05) is 27.5 Å². The second-order valence-corrected chi connectivity index (χ2v) is 3.49. The summed E-state index contributed by atoms with van der Waals surface area (Å²) >= 11 is 9.04. The van der Waals surface area contributed by atoms with E-state index in [0.29, 0.717) is 5.02 Å². The van der Waals surface area contributed by atoms with Crippen LogP contribution in [0.4, 0.5) is 0 Å². The first-order valence-corrected chi connectivity index (χ1v) is 4.99. The zero-order valence-corrected chi connectivity index (χ0v) is 8.40. The summed E-state index contributed by atoms with van der Waals surface area (Å²) in [5.41, 5.74) is 1.11. The van der Waals surface area contributed by atoms with Crippen molar-refractivity contribution in [1.29, 1.82) is 0 Å². The van der Waals surface area contributed by atoms with Crippen molar-refractivity contribution >= 4 is 27.5 Å². The Labute approximate surface area is 79.9 Å². The molecule has 0 aliphatic carbocycles. The second kappa shape index (κ2) is 4.73. The maximum atomic E-state index is 5.67. The largest absolute Gasteiger partial charge is 0.260 e. The van der Waals surface area contributed by atoms with Crippen molar-refractivity contribution in [1.82, 2.24) is 4.98 Å². The third-order valence-electron chi connectivity index (χ3n) is 1.36. The van der Waals surface area contributed by atoms with E-state index in [0.717, 1.165) is 23.9 Å². The van der Waals surface area contributed by atoms with E-state index in [1.807, 2.05) is 12.1 Å². The molecule has 1 heterocycles. The number of nitrogens with zero attached hydrogens (tertiary/aromatic N) is 1. The fraction of sp³-hybridized carbons (Fsp3) is 0.375. The summed E-state index contributed by atoms with van der Waals surface area (Å²) in [6, 6.07) is 3.84. The molecule has 0 spiro atoms. The molecule has 0 fully saturated rings.